The van der Waals surface area contributed by atoms with Crippen LogP contribution in [0.4, 0.5) is 0 Å². The smallest absolute Gasteiger partial charge is 0.231 e. The van der Waals surface area contributed by atoms with Crippen molar-refractivity contribution in [2.24, 2.45) is 5.73 Å². The van der Waals surface area contributed by atoms with Crippen molar-refractivity contribution in [3.05, 3.63) is 29.4 Å². The Morgan fingerprint density at radius 2 is 1.84 bits per heavy atom. The molecule has 2 atom stereocenters. The Labute approximate surface area is 113 Å². The SMILES string of the molecule is CCC(N)C(C)c1nc(-c2cc(C)nc(C)c2)no1. The summed E-state index contributed by atoms with van der Waals surface area (Å²) >= 11 is 0. The third-order valence-electron chi connectivity index (χ3n) is 3.28. The number of rotatable bonds is 4. The van der Waals surface area contributed by atoms with Crippen LogP contribution in [-0.4, -0.2) is 21.2 Å². The van der Waals surface area contributed by atoms with Gasteiger partial charge in [-0.15, -0.1) is 0 Å². The maximum atomic E-state index is 6.01. The Kier molecular flexibility index (Phi) is 3.95. The number of nitrogens with zero attached hydrogens (tertiary/aromatic N) is 3. The van der Waals surface area contributed by atoms with Crippen LogP contribution in [0.1, 0.15) is 43.5 Å². The number of pyridine rings is 1. The van der Waals surface area contributed by atoms with Crippen molar-refractivity contribution in [1.82, 2.24) is 15.1 Å². The van der Waals surface area contributed by atoms with E-state index in [0.29, 0.717) is 11.7 Å². The molecule has 0 aliphatic carbocycles. The Hall–Kier alpha value is -1.75. The first-order chi connectivity index (χ1) is 9.01. The molecule has 19 heavy (non-hydrogen) atoms. The number of hydrogen-bond donors (Lipinski definition) is 1. The van der Waals surface area contributed by atoms with Gasteiger partial charge in [0, 0.05) is 23.0 Å². The number of hydrogen-bond acceptors (Lipinski definition) is 5. The van der Waals surface area contributed by atoms with Gasteiger partial charge in [-0.05, 0) is 32.4 Å². The third-order valence-corrected chi connectivity index (χ3v) is 3.28. The van der Waals surface area contributed by atoms with E-state index < -0.39 is 0 Å². The fraction of sp³-hybridized carbons (Fsp3) is 0.500. The van der Waals surface area contributed by atoms with E-state index in [4.69, 9.17) is 10.3 Å². The van der Waals surface area contributed by atoms with Crippen LogP contribution in [0.5, 0.6) is 0 Å². The van der Waals surface area contributed by atoms with Crippen LogP contribution in [0.15, 0.2) is 16.7 Å². The molecule has 2 aromatic rings. The van der Waals surface area contributed by atoms with Gasteiger partial charge in [0.15, 0.2) is 0 Å². The van der Waals surface area contributed by atoms with Crippen molar-refractivity contribution < 1.29 is 4.52 Å². The average molecular weight is 260 g/mol. The van der Waals surface area contributed by atoms with Gasteiger partial charge >= 0.3 is 0 Å². The van der Waals surface area contributed by atoms with E-state index >= 15 is 0 Å². The highest BCUT2D eigenvalue weighted by molar-refractivity contribution is 5.55. The maximum absolute atomic E-state index is 6.01. The van der Waals surface area contributed by atoms with Crippen molar-refractivity contribution in [3.8, 4) is 11.4 Å². The summed E-state index contributed by atoms with van der Waals surface area (Å²) in [5, 5.41) is 4.04. The predicted octanol–water partition coefficient (Wildman–Crippen LogP) is 2.59. The molecule has 0 aliphatic rings. The van der Waals surface area contributed by atoms with Gasteiger partial charge in [-0.2, -0.15) is 4.98 Å². The Morgan fingerprint density at radius 1 is 1.21 bits per heavy atom. The molecule has 0 amide bonds. The number of nitrogens with two attached hydrogens (primary N) is 1. The zero-order valence-electron chi connectivity index (χ0n) is 11.8. The molecule has 0 radical (unpaired) electrons. The minimum Gasteiger partial charge on any atom is -0.339 e. The molecule has 5 heteroatoms. The van der Waals surface area contributed by atoms with E-state index in [-0.39, 0.29) is 12.0 Å². The normalized spacial score (nSPS) is 14.4. The van der Waals surface area contributed by atoms with Crippen molar-refractivity contribution in [2.45, 2.75) is 46.1 Å². The lowest BCUT2D eigenvalue weighted by atomic mass is 10.0. The first kappa shape index (κ1) is 13.7. The fourth-order valence-corrected chi connectivity index (χ4v) is 2.04. The molecule has 2 heterocycles. The molecule has 0 spiro atoms. The topological polar surface area (TPSA) is 77.8 Å². The Bertz CT molecular complexity index is 544. The van der Waals surface area contributed by atoms with E-state index in [1.165, 1.54) is 0 Å². The van der Waals surface area contributed by atoms with Gasteiger partial charge in [-0.1, -0.05) is 19.0 Å². The quantitative estimate of drug-likeness (QED) is 0.914. The summed E-state index contributed by atoms with van der Waals surface area (Å²) in [6.07, 6.45) is 0.881. The highest BCUT2D eigenvalue weighted by Gasteiger charge is 2.20. The van der Waals surface area contributed by atoms with Crippen molar-refractivity contribution >= 4 is 0 Å². The third kappa shape index (κ3) is 2.98. The summed E-state index contributed by atoms with van der Waals surface area (Å²) in [6, 6.07) is 3.94. The monoisotopic (exact) mass is 260 g/mol. The van der Waals surface area contributed by atoms with Gasteiger partial charge in [0.05, 0.1) is 5.92 Å². The summed E-state index contributed by atoms with van der Waals surface area (Å²) in [7, 11) is 0. The summed E-state index contributed by atoms with van der Waals surface area (Å²) < 4.78 is 5.32. The second-order valence-electron chi connectivity index (χ2n) is 4.96. The molecule has 5 nitrogen and oxygen atoms in total. The van der Waals surface area contributed by atoms with Crippen LogP contribution in [0.3, 0.4) is 0 Å². The molecule has 0 fully saturated rings. The highest BCUT2D eigenvalue weighted by Crippen LogP contribution is 2.22. The number of aromatic nitrogens is 3. The predicted molar refractivity (Wildman–Crippen MR) is 73.7 cm³/mol. The van der Waals surface area contributed by atoms with Gasteiger partial charge < -0.3 is 10.3 Å². The maximum Gasteiger partial charge on any atom is 0.231 e. The lowest BCUT2D eigenvalue weighted by Crippen LogP contribution is -2.25. The van der Waals surface area contributed by atoms with Crippen molar-refractivity contribution in [1.29, 1.82) is 0 Å². The first-order valence-electron chi connectivity index (χ1n) is 6.56. The van der Waals surface area contributed by atoms with Crippen LogP contribution < -0.4 is 5.73 Å². The van der Waals surface area contributed by atoms with Crippen LogP contribution in [0.25, 0.3) is 11.4 Å². The zero-order valence-corrected chi connectivity index (χ0v) is 11.8. The molecule has 2 N–H and O–H groups in total. The summed E-state index contributed by atoms with van der Waals surface area (Å²) in [5.41, 5.74) is 8.82. The van der Waals surface area contributed by atoms with E-state index in [1.54, 1.807) is 0 Å². The van der Waals surface area contributed by atoms with E-state index in [9.17, 15) is 0 Å². The molecule has 0 bridgehead atoms. The summed E-state index contributed by atoms with van der Waals surface area (Å²) in [5.74, 6) is 1.26. The van der Waals surface area contributed by atoms with E-state index in [0.717, 1.165) is 23.4 Å². The molecule has 0 aliphatic heterocycles. The fourth-order valence-electron chi connectivity index (χ4n) is 2.04. The lowest BCUT2D eigenvalue weighted by Gasteiger charge is -2.13. The second kappa shape index (κ2) is 5.48. The molecule has 0 aromatic carbocycles. The van der Waals surface area contributed by atoms with Crippen molar-refractivity contribution in [3.63, 3.8) is 0 Å². The minimum atomic E-state index is 0.0363. The number of aryl methyl sites for hydroxylation is 2. The first-order valence-corrected chi connectivity index (χ1v) is 6.56. The molecule has 102 valence electrons. The Morgan fingerprint density at radius 3 is 2.42 bits per heavy atom. The average Bonchev–Trinajstić information content (AvgIpc) is 2.85. The molecular formula is C14H20N4O. The van der Waals surface area contributed by atoms with E-state index in [1.807, 2.05) is 39.8 Å². The summed E-state index contributed by atoms with van der Waals surface area (Å²) in [6.45, 7) is 7.96. The highest BCUT2D eigenvalue weighted by atomic mass is 16.5. The molecule has 2 aromatic heterocycles. The van der Waals surface area contributed by atoms with Crippen LogP contribution in [0, 0.1) is 13.8 Å². The van der Waals surface area contributed by atoms with E-state index in [2.05, 4.69) is 15.1 Å². The summed E-state index contributed by atoms with van der Waals surface area (Å²) in [4.78, 5) is 8.78. The van der Waals surface area contributed by atoms with Crippen LogP contribution in [-0.2, 0) is 0 Å². The molecule has 0 saturated heterocycles. The molecule has 2 rings (SSSR count). The second-order valence-corrected chi connectivity index (χ2v) is 4.96. The zero-order chi connectivity index (χ0) is 14.0. The molecule has 2 unspecified atom stereocenters. The lowest BCUT2D eigenvalue weighted by molar-refractivity contribution is 0.340. The van der Waals surface area contributed by atoms with Gasteiger partial charge in [-0.3, -0.25) is 4.98 Å². The van der Waals surface area contributed by atoms with Crippen LogP contribution >= 0.6 is 0 Å². The van der Waals surface area contributed by atoms with Gasteiger partial charge in [0.1, 0.15) is 0 Å². The minimum absolute atomic E-state index is 0.0363. The van der Waals surface area contributed by atoms with Crippen molar-refractivity contribution in [2.75, 3.05) is 0 Å². The molecule has 0 saturated carbocycles. The standard InChI is InChI=1S/C14H20N4O/c1-5-12(15)10(4)14-17-13(18-19-14)11-6-8(2)16-9(3)7-11/h6-7,10,12H,5,15H2,1-4H3. The molecular weight excluding hydrogens is 240 g/mol. The Balaban J connectivity index is 2.30. The van der Waals surface area contributed by atoms with Crippen LogP contribution in [0.2, 0.25) is 0 Å². The van der Waals surface area contributed by atoms with Gasteiger partial charge in [0.2, 0.25) is 11.7 Å². The van der Waals surface area contributed by atoms with Gasteiger partial charge in [0.25, 0.3) is 0 Å². The largest absolute Gasteiger partial charge is 0.339 e. The van der Waals surface area contributed by atoms with Gasteiger partial charge in [-0.25, -0.2) is 0 Å².